The molecule has 0 aliphatic heterocycles. The molecule has 0 fully saturated rings. The van der Waals surface area contributed by atoms with Crippen LogP contribution in [0.1, 0.15) is 30.8 Å². The Morgan fingerprint density at radius 2 is 2.04 bits per heavy atom. The number of carbonyl (C=O) groups is 1. The van der Waals surface area contributed by atoms with Gasteiger partial charge in [-0.1, -0.05) is 48.6 Å². The minimum atomic E-state index is -0.166. The van der Waals surface area contributed by atoms with Crippen LogP contribution < -0.4 is 11.1 Å². The first-order valence-corrected chi connectivity index (χ1v) is 7.84. The summed E-state index contributed by atoms with van der Waals surface area (Å²) in [6.07, 6.45) is 8.01. The Morgan fingerprint density at radius 1 is 1.29 bits per heavy atom. The van der Waals surface area contributed by atoms with Crippen LogP contribution in [0.15, 0.2) is 54.8 Å². The number of nitrogens with zero attached hydrogens (tertiary/aromatic N) is 2. The van der Waals surface area contributed by atoms with Crippen molar-refractivity contribution in [1.82, 2.24) is 9.97 Å². The van der Waals surface area contributed by atoms with Gasteiger partial charge in [-0.25, -0.2) is 9.97 Å². The number of carbonyl (C=O) groups excluding carboxylic acids is 1. The molecule has 24 heavy (non-hydrogen) atoms. The summed E-state index contributed by atoms with van der Waals surface area (Å²) >= 11 is 0. The molecule has 0 unspecified atom stereocenters. The van der Waals surface area contributed by atoms with Crippen molar-refractivity contribution < 1.29 is 4.79 Å². The molecule has 2 aromatic rings. The molecule has 0 aliphatic carbocycles. The highest BCUT2D eigenvalue weighted by atomic mass is 16.1. The summed E-state index contributed by atoms with van der Waals surface area (Å²) in [5.74, 6) is 0.328. The third-order valence-electron chi connectivity index (χ3n) is 3.39. The van der Waals surface area contributed by atoms with Crippen molar-refractivity contribution in [2.24, 2.45) is 5.73 Å². The zero-order chi connectivity index (χ0) is 17.4. The largest absolute Gasteiger partial charge is 0.327 e. The van der Waals surface area contributed by atoms with Crippen molar-refractivity contribution in [3.8, 4) is 0 Å². The molecule has 3 N–H and O–H groups in total. The molecule has 0 spiro atoms. The van der Waals surface area contributed by atoms with Crippen LogP contribution in [0, 0.1) is 0 Å². The number of allylic oxidation sites excluding steroid dienone is 3. The predicted molar refractivity (Wildman–Crippen MR) is 97.4 cm³/mol. The number of hydrogen-bond acceptors (Lipinski definition) is 4. The van der Waals surface area contributed by atoms with Gasteiger partial charge in [0.2, 0.25) is 5.91 Å². The van der Waals surface area contributed by atoms with Gasteiger partial charge in [0.1, 0.15) is 0 Å². The minimum absolute atomic E-state index is 0.166. The van der Waals surface area contributed by atoms with Gasteiger partial charge in [-0.05, 0) is 18.1 Å². The Kier molecular flexibility index (Phi) is 6.40. The molecule has 0 bridgehead atoms. The number of rotatable bonds is 6. The Balaban J connectivity index is 2.41. The second kappa shape index (κ2) is 8.74. The van der Waals surface area contributed by atoms with Gasteiger partial charge in [0, 0.05) is 19.9 Å². The Labute approximate surface area is 142 Å². The zero-order valence-corrected chi connectivity index (χ0v) is 14.0. The standard InChI is InChI=1S/C19H22N4O/c1-3-16(10-7-11-20)18-13-21-19(22-14(2)24)17(23-18)12-15-8-5-4-6-9-15/h3-10,13H,11-12,20H2,1-2H3,(H,21,22,24)/b10-7-,16-3+. The van der Waals surface area contributed by atoms with Crippen molar-refractivity contribution >= 4 is 17.3 Å². The average molecular weight is 322 g/mol. The fourth-order valence-corrected chi connectivity index (χ4v) is 2.27. The molecule has 5 nitrogen and oxygen atoms in total. The van der Waals surface area contributed by atoms with E-state index in [0.717, 1.165) is 22.5 Å². The first-order valence-electron chi connectivity index (χ1n) is 7.84. The minimum Gasteiger partial charge on any atom is -0.327 e. The van der Waals surface area contributed by atoms with Crippen LogP contribution in [-0.2, 0) is 11.2 Å². The first-order chi connectivity index (χ1) is 11.6. The number of nitrogens with two attached hydrogens (primary N) is 1. The van der Waals surface area contributed by atoms with Crippen LogP contribution >= 0.6 is 0 Å². The first kappa shape index (κ1) is 17.6. The van der Waals surface area contributed by atoms with E-state index in [2.05, 4.69) is 10.3 Å². The number of anilines is 1. The van der Waals surface area contributed by atoms with E-state index in [1.807, 2.05) is 55.5 Å². The number of benzene rings is 1. The molecular formula is C19H22N4O. The second-order valence-corrected chi connectivity index (χ2v) is 5.28. The van der Waals surface area contributed by atoms with Gasteiger partial charge >= 0.3 is 0 Å². The summed E-state index contributed by atoms with van der Waals surface area (Å²) < 4.78 is 0. The quantitative estimate of drug-likeness (QED) is 0.801. The van der Waals surface area contributed by atoms with E-state index in [1.54, 1.807) is 6.20 Å². The summed E-state index contributed by atoms with van der Waals surface area (Å²) in [7, 11) is 0. The lowest BCUT2D eigenvalue weighted by atomic mass is 10.1. The van der Waals surface area contributed by atoms with Gasteiger partial charge in [-0.3, -0.25) is 4.79 Å². The molecule has 1 heterocycles. The van der Waals surface area contributed by atoms with E-state index in [-0.39, 0.29) is 5.91 Å². The van der Waals surface area contributed by atoms with Gasteiger partial charge < -0.3 is 11.1 Å². The number of hydrogen-bond donors (Lipinski definition) is 2. The lowest BCUT2D eigenvalue weighted by Gasteiger charge is -2.11. The van der Waals surface area contributed by atoms with E-state index in [0.29, 0.717) is 18.8 Å². The summed E-state index contributed by atoms with van der Waals surface area (Å²) in [5, 5.41) is 2.75. The lowest BCUT2D eigenvalue weighted by molar-refractivity contribution is -0.114. The molecule has 1 aromatic heterocycles. The maximum absolute atomic E-state index is 11.4. The average Bonchev–Trinajstić information content (AvgIpc) is 2.58. The molecule has 0 aliphatic rings. The van der Waals surface area contributed by atoms with Crippen LogP contribution in [-0.4, -0.2) is 22.4 Å². The van der Waals surface area contributed by atoms with Crippen LogP contribution in [0.3, 0.4) is 0 Å². The van der Waals surface area contributed by atoms with Crippen LogP contribution in [0.2, 0.25) is 0 Å². The molecule has 124 valence electrons. The third kappa shape index (κ3) is 4.86. The molecule has 0 saturated carbocycles. The van der Waals surface area contributed by atoms with Crippen molar-refractivity contribution in [3.63, 3.8) is 0 Å². The lowest BCUT2D eigenvalue weighted by Crippen LogP contribution is -2.12. The van der Waals surface area contributed by atoms with E-state index in [9.17, 15) is 4.79 Å². The van der Waals surface area contributed by atoms with E-state index in [4.69, 9.17) is 10.7 Å². The molecule has 5 heteroatoms. The normalized spacial score (nSPS) is 11.7. The van der Waals surface area contributed by atoms with Gasteiger partial charge in [0.15, 0.2) is 5.82 Å². The topological polar surface area (TPSA) is 80.9 Å². The van der Waals surface area contributed by atoms with Crippen LogP contribution in [0.25, 0.3) is 5.57 Å². The number of amides is 1. The van der Waals surface area contributed by atoms with Crippen molar-refractivity contribution in [3.05, 3.63) is 71.7 Å². The smallest absolute Gasteiger partial charge is 0.222 e. The van der Waals surface area contributed by atoms with Gasteiger partial charge in [-0.2, -0.15) is 0 Å². The summed E-state index contributed by atoms with van der Waals surface area (Å²) in [4.78, 5) is 20.5. The third-order valence-corrected chi connectivity index (χ3v) is 3.39. The van der Waals surface area contributed by atoms with Gasteiger partial charge in [-0.15, -0.1) is 0 Å². The summed E-state index contributed by atoms with van der Waals surface area (Å²) in [6, 6.07) is 9.97. The number of aromatic nitrogens is 2. The monoisotopic (exact) mass is 322 g/mol. The molecule has 1 amide bonds. The maximum Gasteiger partial charge on any atom is 0.222 e. The highest BCUT2D eigenvalue weighted by molar-refractivity contribution is 5.88. The van der Waals surface area contributed by atoms with E-state index >= 15 is 0 Å². The fourth-order valence-electron chi connectivity index (χ4n) is 2.27. The fraction of sp³-hybridized carbons (Fsp3) is 0.211. The predicted octanol–water partition coefficient (Wildman–Crippen LogP) is 2.94. The highest BCUT2D eigenvalue weighted by Crippen LogP contribution is 2.20. The maximum atomic E-state index is 11.4. The van der Waals surface area contributed by atoms with Crippen molar-refractivity contribution in [1.29, 1.82) is 0 Å². The molecule has 0 radical (unpaired) electrons. The molecule has 1 aromatic carbocycles. The van der Waals surface area contributed by atoms with Crippen LogP contribution in [0.5, 0.6) is 0 Å². The SMILES string of the molecule is C/C=C(\C=C/CN)c1cnc(NC(C)=O)c(Cc2ccccc2)n1. The second-order valence-electron chi connectivity index (χ2n) is 5.28. The summed E-state index contributed by atoms with van der Waals surface area (Å²) in [6.45, 7) is 3.87. The highest BCUT2D eigenvalue weighted by Gasteiger charge is 2.11. The number of nitrogens with one attached hydrogen (secondary N) is 1. The summed E-state index contributed by atoms with van der Waals surface area (Å²) in [5.41, 5.74) is 9.05. The van der Waals surface area contributed by atoms with E-state index < -0.39 is 0 Å². The Hall–Kier alpha value is -2.79. The zero-order valence-electron chi connectivity index (χ0n) is 14.0. The van der Waals surface area contributed by atoms with Crippen molar-refractivity contribution in [2.45, 2.75) is 20.3 Å². The van der Waals surface area contributed by atoms with Crippen LogP contribution in [0.4, 0.5) is 5.82 Å². The van der Waals surface area contributed by atoms with Gasteiger partial charge in [0.25, 0.3) is 0 Å². The van der Waals surface area contributed by atoms with Gasteiger partial charge in [0.05, 0.1) is 17.6 Å². The molecule has 0 atom stereocenters. The Bertz CT molecular complexity index is 751. The molecular weight excluding hydrogens is 300 g/mol. The van der Waals surface area contributed by atoms with E-state index in [1.165, 1.54) is 6.92 Å². The molecule has 2 rings (SSSR count). The van der Waals surface area contributed by atoms with Crippen molar-refractivity contribution in [2.75, 3.05) is 11.9 Å². The Morgan fingerprint density at radius 3 is 2.67 bits per heavy atom. The molecule has 0 saturated heterocycles.